The Balaban J connectivity index is 1.59. The number of carbonyl (C=O) groups excluding carboxylic acids is 1. The SMILES string of the molecule is C#CCN1CCC(C(=O)N[C@@H](C)c2cccc(-n3cccn3)c2)CC1. The molecule has 1 N–H and O–H groups in total. The van der Waals surface area contributed by atoms with E-state index >= 15 is 0 Å². The van der Waals surface area contributed by atoms with Crippen molar-refractivity contribution in [1.82, 2.24) is 20.0 Å². The fourth-order valence-corrected chi connectivity index (χ4v) is 3.26. The van der Waals surface area contributed by atoms with Crippen molar-refractivity contribution in [1.29, 1.82) is 0 Å². The minimum atomic E-state index is -0.0354. The van der Waals surface area contributed by atoms with E-state index in [0.717, 1.165) is 37.2 Å². The zero-order valence-corrected chi connectivity index (χ0v) is 14.6. The fraction of sp³-hybridized carbons (Fsp3) is 0.400. The van der Waals surface area contributed by atoms with Crippen molar-refractivity contribution in [3.63, 3.8) is 0 Å². The summed E-state index contributed by atoms with van der Waals surface area (Å²) in [5.41, 5.74) is 2.07. The lowest BCUT2D eigenvalue weighted by Gasteiger charge is -2.30. The molecule has 1 saturated heterocycles. The number of terminal acetylenes is 1. The van der Waals surface area contributed by atoms with Crippen molar-refractivity contribution < 1.29 is 4.79 Å². The van der Waals surface area contributed by atoms with Crippen LogP contribution in [-0.4, -0.2) is 40.2 Å². The van der Waals surface area contributed by atoms with Gasteiger partial charge in [0.1, 0.15) is 0 Å². The Hall–Kier alpha value is -2.58. The topological polar surface area (TPSA) is 50.2 Å². The van der Waals surface area contributed by atoms with Crippen molar-refractivity contribution in [3.8, 4) is 18.0 Å². The van der Waals surface area contributed by atoms with Crippen LogP contribution in [0.1, 0.15) is 31.4 Å². The van der Waals surface area contributed by atoms with Crippen LogP contribution >= 0.6 is 0 Å². The number of likely N-dealkylation sites (tertiary alicyclic amines) is 1. The van der Waals surface area contributed by atoms with Gasteiger partial charge in [0.25, 0.3) is 0 Å². The molecule has 1 aliphatic heterocycles. The second-order valence-corrected chi connectivity index (χ2v) is 6.53. The summed E-state index contributed by atoms with van der Waals surface area (Å²) in [6.07, 6.45) is 10.8. The summed E-state index contributed by atoms with van der Waals surface area (Å²) >= 11 is 0. The summed E-state index contributed by atoms with van der Waals surface area (Å²) in [5.74, 6) is 2.88. The maximum atomic E-state index is 12.6. The molecule has 1 aromatic heterocycles. The molecule has 1 amide bonds. The molecule has 5 nitrogen and oxygen atoms in total. The van der Waals surface area contributed by atoms with Gasteiger partial charge in [-0.3, -0.25) is 9.69 Å². The van der Waals surface area contributed by atoms with Crippen LogP contribution in [0.4, 0.5) is 0 Å². The smallest absolute Gasteiger partial charge is 0.223 e. The lowest BCUT2D eigenvalue weighted by Crippen LogP contribution is -2.41. The van der Waals surface area contributed by atoms with Crippen LogP contribution in [0, 0.1) is 18.3 Å². The number of aromatic nitrogens is 2. The first-order chi connectivity index (χ1) is 12.2. The highest BCUT2D eigenvalue weighted by atomic mass is 16.1. The molecular weight excluding hydrogens is 312 g/mol. The quantitative estimate of drug-likeness (QED) is 0.853. The Bertz CT molecular complexity index is 739. The van der Waals surface area contributed by atoms with Gasteiger partial charge in [0, 0.05) is 18.3 Å². The molecule has 0 radical (unpaired) electrons. The van der Waals surface area contributed by atoms with E-state index in [2.05, 4.69) is 27.3 Å². The number of amides is 1. The number of hydrogen-bond donors (Lipinski definition) is 1. The zero-order chi connectivity index (χ0) is 17.6. The van der Waals surface area contributed by atoms with Crippen LogP contribution in [0.25, 0.3) is 5.69 Å². The molecule has 1 aliphatic rings. The van der Waals surface area contributed by atoms with Gasteiger partial charge in [0.15, 0.2) is 0 Å². The van der Waals surface area contributed by atoms with E-state index in [1.807, 2.05) is 42.1 Å². The first-order valence-electron chi connectivity index (χ1n) is 8.73. The maximum Gasteiger partial charge on any atom is 0.223 e. The number of hydrogen-bond acceptors (Lipinski definition) is 3. The lowest BCUT2D eigenvalue weighted by atomic mass is 9.95. The van der Waals surface area contributed by atoms with E-state index in [1.165, 1.54) is 0 Å². The highest BCUT2D eigenvalue weighted by molar-refractivity contribution is 5.79. The van der Waals surface area contributed by atoms with Crippen molar-refractivity contribution in [2.24, 2.45) is 5.92 Å². The largest absolute Gasteiger partial charge is 0.349 e. The first-order valence-corrected chi connectivity index (χ1v) is 8.73. The van der Waals surface area contributed by atoms with Crippen molar-refractivity contribution in [2.45, 2.75) is 25.8 Å². The zero-order valence-electron chi connectivity index (χ0n) is 14.6. The summed E-state index contributed by atoms with van der Waals surface area (Å²) in [4.78, 5) is 14.8. The molecule has 0 aliphatic carbocycles. The van der Waals surface area contributed by atoms with Crippen molar-refractivity contribution in [2.75, 3.05) is 19.6 Å². The molecule has 0 spiro atoms. The van der Waals surface area contributed by atoms with E-state index in [0.29, 0.717) is 6.54 Å². The summed E-state index contributed by atoms with van der Waals surface area (Å²) in [5, 5.41) is 7.41. The predicted octanol–water partition coefficient (Wildman–Crippen LogP) is 2.39. The Morgan fingerprint density at radius 3 is 2.88 bits per heavy atom. The third-order valence-electron chi connectivity index (χ3n) is 4.77. The Labute approximate surface area is 149 Å². The monoisotopic (exact) mass is 336 g/mol. The van der Waals surface area contributed by atoms with Crippen LogP contribution in [0.15, 0.2) is 42.7 Å². The second kappa shape index (κ2) is 8.00. The van der Waals surface area contributed by atoms with E-state index in [1.54, 1.807) is 6.20 Å². The molecule has 5 heteroatoms. The third kappa shape index (κ3) is 4.28. The molecule has 1 atom stereocenters. The highest BCUT2D eigenvalue weighted by Crippen LogP contribution is 2.20. The molecule has 3 rings (SSSR count). The number of benzene rings is 1. The van der Waals surface area contributed by atoms with Gasteiger partial charge < -0.3 is 5.32 Å². The van der Waals surface area contributed by atoms with Crippen LogP contribution in [0.5, 0.6) is 0 Å². The number of rotatable bonds is 5. The molecule has 1 fully saturated rings. The molecule has 0 bridgehead atoms. The number of nitrogens with zero attached hydrogens (tertiary/aromatic N) is 3. The Kier molecular flexibility index (Phi) is 5.52. The van der Waals surface area contributed by atoms with Crippen LogP contribution in [-0.2, 0) is 4.79 Å². The van der Waals surface area contributed by atoms with Gasteiger partial charge in [-0.2, -0.15) is 5.10 Å². The van der Waals surface area contributed by atoms with Gasteiger partial charge >= 0.3 is 0 Å². The van der Waals surface area contributed by atoms with Crippen LogP contribution < -0.4 is 5.32 Å². The van der Waals surface area contributed by atoms with Crippen LogP contribution in [0.3, 0.4) is 0 Å². The van der Waals surface area contributed by atoms with E-state index in [9.17, 15) is 4.79 Å². The first kappa shape index (κ1) is 17.2. The van der Waals surface area contributed by atoms with Gasteiger partial charge in [-0.05, 0) is 56.6 Å². The molecule has 130 valence electrons. The van der Waals surface area contributed by atoms with Gasteiger partial charge in [-0.15, -0.1) is 6.42 Å². The number of piperidine rings is 1. The summed E-state index contributed by atoms with van der Waals surface area (Å²) < 4.78 is 1.82. The average molecular weight is 336 g/mol. The summed E-state index contributed by atoms with van der Waals surface area (Å²) in [7, 11) is 0. The summed E-state index contributed by atoms with van der Waals surface area (Å²) in [6.45, 7) is 4.48. The Morgan fingerprint density at radius 1 is 1.40 bits per heavy atom. The molecule has 1 aromatic carbocycles. The van der Waals surface area contributed by atoms with Gasteiger partial charge in [0.05, 0.1) is 18.3 Å². The molecule has 2 aromatic rings. The molecule has 0 unspecified atom stereocenters. The molecule has 2 heterocycles. The number of nitrogens with one attached hydrogen (secondary N) is 1. The second-order valence-electron chi connectivity index (χ2n) is 6.53. The fourth-order valence-electron chi connectivity index (χ4n) is 3.26. The van der Waals surface area contributed by atoms with E-state index in [-0.39, 0.29) is 17.9 Å². The molecular formula is C20H24N4O. The minimum Gasteiger partial charge on any atom is -0.349 e. The van der Waals surface area contributed by atoms with Crippen molar-refractivity contribution in [3.05, 3.63) is 48.3 Å². The Morgan fingerprint density at radius 2 is 2.20 bits per heavy atom. The van der Waals surface area contributed by atoms with Crippen molar-refractivity contribution >= 4 is 5.91 Å². The molecule has 0 saturated carbocycles. The predicted molar refractivity (Wildman–Crippen MR) is 98.1 cm³/mol. The van der Waals surface area contributed by atoms with Gasteiger partial charge in [0.2, 0.25) is 5.91 Å². The van der Waals surface area contributed by atoms with Gasteiger partial charge in [-0.1, -0.05) is 18.1 Å². The molecule has 25 heavy (non-hydrogen) atoms. The third-order valence-corrected chi connectivity index (χ3v) is 4.77. The highest BCUT2D eigenvalue weighted by Gasteiger charge is 2.25. The van der Waals surface area contributed by atoms with Crippen LogP contribution in [0.2, 0.25) is 0 Å². The summed E-state index contributed by atoms with van der Waals surface area (Å²) in [6, 6.07) is 9.96. The van der Waals surface area contributed by atoms with E-state index < -0.39 is 0 Å². The van der Waals surface area contributed by atoms with Gasteiger partial charge in [-0.25, -0.2) is 4.68 Å². The standard InChI is InChI=1S/C20H24N4O/c1-3-11-23-13-8-17(9-14-23)20(25)22-16(2)18-6-4-7-19(15-18)24-12-5-10-21-24/h1,4-7,10,12,15-17H,8-9,11,13-14H2,2H3,(H,22,25)/t16-/m0/s1. The number of carbonyl (C=O) groups is 1. The maximum absolute atomic E-state index is 12.6. The van der Waals surface area contributed by atoms with E-state index in [4.69, 9.17) is 6.42 Å². The normalized spacial score (nSPS) is 17.0. The minimum absolute atomic E-state index is 0.0354. The lowest BCUT2D eigenvalue weighted by molar-refractivity contribution is -0.127. The average Bonchev–Trinajstić information content (AvgIpc) is 3.17.